The van der Waals surface area contributed by atoms with E-state index in [9.17, 15) is 0 Å². The first-order chi connectivity index (χ1) is 11.4. The Labute approximate surface area is 134 Å². The maximum absolute atomic E-state index is 6.06. The second kappa shape index (κ2) is 5.97. The molecule has 1 heterocycles. The molecule has 0 amide bonds. The standard InChI is InChI=1S/C20H16N2O/c1-2-8-15(9-3-1)16-10-5-7-13-20(16)23-14-19-17-11-4-6-12-18(17)21-22-19/h1-13H,14H2,(H,21,22). The van der Waals surface area contributed by atoms with Crippen molar-refractivity contribution >= 4 is 10.9 Å². The Hall–Kier alpha value is -3.07. The normalized spacial score (nSPS) is 10.8. The van der Waals surface area contributed by atoms with Crippen molar-refractivity contribution in [3.63, 3.8) is 0 Å². The number of hydrogen-bond acceptors (Lipinski definition) is 2. The third-order valence-electron chi connectivity index (χ3n) is 3.89. The van der Waals surface area contributed by atoms with Crippen molar-refractivity contribution in [2.24, 2.45) is 0 Å². The first-order valence-electron chi connectivity index (χ1n) is 7.61. The second-order valence-electron chi connectivity index (χ2n) is 5.37. The summed E-state index contributed by atoms with van der Waals surface area (Å²) in [7, 11) is 0. The molecule has 1 N–H and O–H groups in total. The van der Waals surface area contributed by atoms with Crippen LogP contribution in [0.15, 0.2) is 78.9 Å². The van der Waals surface area contributed by atoms with E-state index in [1.165, 1.54) is 0 Å². The molecule has 0 saturated carbocycles. The van der Waals surface area contributed by atoms with Crippen LogP contribution >= 0.6 is 0 Å². The highest BCUT2D eigenvalue weighted by molar-refractivity contribution is 5.81. The highest BCUT2D eigenvalue weighted by atomic mass is 16.5. The predicted molar refractivity (Wildman–Crippen MR) is 92.3 cm³/mol. The molecule has 0 aliphatic rings. The highest BCUT2D eigenvalue weighted by Gasteiger charge is 2.09. The number of benzene rings is 3. The molecule has 3 nitrogen and oxygen atoms in total. The van der Waals surface area contributed by atoms with Crippen LogP contribution in [-0.4, -0.2) is 10.2 Å². The third kappa shape index (κ3) is 2.69. The van der Waals surface area contributed by atoms with Crippen LogP contribution in [0.1, 0.15) is 5.69 Å². The molecule has 0 unspecified atom stereocenters. The molecule has 0 aliphatic carbocycles. The first-order valence-corrected chi connectivity index (χ1v) is 7.61. The summed E-state index contributed by atoms with van der Waals surface area (Å²) in [5.41, 5.74) is 4.19. The SMILES string of the molecule is c1ccc(-c2ccccc2OCc2n[nH]c3ccccc23)cc1. The lowest BCUT2D eigenvalue weighted by Crippen LogP contribution is -1.98. The minimum Gasteiger partial charge on any atom is -0.487 e. The maximum atomic E-state index is 6.06. The number of para-hydroxylation sites is 2. The van der Waals surface area contributed by atoms with E-state index in [1.54, 1.807) is 0 Å². The van der Waals surface area contributed by atoms with Gasteiger partial charge in [0.05, 0.1) is 5.52 Å². The zero-order valence-electron chi connectivity index (χ0n) is 12.6. The number of aromatic nitrogens is 2. The Morgan fingerprint density at radius 1 is 0.783 bits per heavy atom. The van der Waals surface area contributed by atoms with Gasteiger partial charge in [0.15, 0.2) is 0 Å². The summed E-state index contributed by atoms with van der Waals surface area (Å²) in [6.07, 6.45) is 0. The summed E-state index contributed by atoms with van der Waals surface area (Å²) >= 11 is 0. The molecule has 0 spiro atoms. The number of hydrogen-bond donors (Lipinski definition) is 1. The Balaban J connectivity index is 1.63. The van der Waals surface area contributed by atoms with Gasteiger partial charge in [0.2, 0.25) is 0 Å². The average molecular weight is 300 g/mol. The number of ether oxygens (including phenoxy) is 1. The fourth-order valence-corrected chi connectivity index (χ4v) is 2.73. The van der Waals surface area contributed by atoms with Gasteiger partial charge in [-0.1, -0.05) is 66.7 Å². The van der Waals surface area contributed by atoms with Gasteiger partial charge in [-0.3, -0.25) is 5.10 Å². The Morgan fingerprint density at radius 2 is 1.52 bits per heavy atom. The maximum Gasteiger partial charge on any atom is 0.133 e. The smallest absolute Gasteiger partial charge is 0.133 e. The van der Waals surface area contributed by atoms with E-state index < -0.39 is 0 Å². The summed E-state index contributed by atoms with van der Waals surface area (Å²) in [5.74, 6) is 0.866. The fraction of sp³-hybridized carbons (Fsp3) is 0.0500. The lowest BCUT2D eigenvalue weighted by Gasteiger charge is -2.11. The minimum atomic E-state index is 0.438. The van der Waals surface area contributed by atoms with Gasteiger partial charge in [-0.15, -0.1) is 0 Å². The molecule has 112 valence electrons. The Bertz CT molecular complexity index is 928. The van der Waals surface area contributed by atoms with Gasteiger partial charge < -0.3 is 4.74 Å². The lowest BCUT2D eigenvalue weighted by molar-refractivity contribution is 0.304. The molecule has 0 saturated heterocycles. The topological polar surface area (TPSA) is 37.9 Å². The van der Waals surface area contributed by atoms with E-state index in [1.807, 2.05) is 54.6 Å². The van der Waals surface area contributed by atoms with E-state index in [4.69, 9.17) is 4.74 Å². The molecular weight excluding hydrogens is 284 g/mol. The molecule has 0 atom stereocenters. The van der Waals surface area contributed by atoms with Crippen LogP contribution in [-0.2, 0) is 6.61 Å². The molecule has 3 aromatic carbocycles. The van der Waals surface area contributed by atoms with Gasteiger partial charge in [0.1, 0.15) is 18.1 Å². The van der Waals surface area contributed by atoms with Gasteiger partial charge in [0, 0.05) is 10.9 Å². The lowest BCUT2D eigenvalue weighted by atomic mass is 10.1. The molecule has 1 aromatic heterocycles. The van der Waals surface area contributed by atoms with E-state index in [0.29, 0.717) is 6.61 Å². The quantitative estimate of drug-likeness (QED) is 0.587. The number of nitrogens with one attached hydrogen (secondary N) is 1. The minimum absolute atomic E-state index is 0.438. The van der Waals surface area contributed by atoms with Gasteiger partial charge in [-0.2, -0.15) is 5.10 Å². The molecule has 4 rings (SSSR count). The van der Waals surface area contributed by atoms with E-state index in [-0.39, 0.29) is 0 Å². The second-order valence-corrected chi connectivity index (χ2v) is 5.37. The number of H-pyrrole nitrogens is 1. The fourth-order valence-electron chi connectivity index (χ4n) is 2.73. The van der Waals surface area contributed by atoms with Crippen LogP contribution in [0.4, 0.5) is 0 Å². The number of fused-ring (bicyclic) bond motifs is 1. The van der Waals surface area contributed by atoms with Crippen molar-refractivity contribution in [2.45, 2.75) is 6.61 Å². The zero-order valence-corrected chi connectivity index (χ0v) is 12.6. The summed E-state index contributed by atoms with van der Waals surface area (Å²) in [6.45, 7) is 0.438. The van der Waals surface area contributed by atoms with Crippen molar-refractivity contribution in [3.8, 4) is 16.9 Å². The van der Waals surface area contributed by atoms with Gasteiger partial charge >= 0.3 is 0 Å². The van der Waals surface area contributed by atoms with Crippen LogP contribution in [0.5, 0.6) is 5.75 Å². The number of rotatable bonds is 4. The number of aromatic amines is 1. The molecule has 4 aromatic rings. The summed E-state index contributed by atoms with van der Waals surface area (Å²) in [4.78, 5) is 0. The summed E-state index contributed by atoms with van der Waals surface area (Å²) < 4.78 is 6.06. The van der Waals surface area contributed by atoms with Crippen molar-refractivity contribution in [3.05, 3.63) is 84.6 Å². The molecular formula is C20H16N2O. The van der Waals surface area contributed by atoms with Crippen LogP contribution in [0, 0.1) is 0 Å². The van der Waals surface area contributed by atoms with Crippen LogP contribution in [0.2, 0.25) is 0 Å². The summed E-state index contributed by atoms with van der Waals surface area (Å²) in [6, 6.07) is 26.4. The van der Waals surface area contributed by atoms with Crippen LogP contribution in [0.3, 0.4) is 0 Å². The van der Waals surface area contributed by atoms with Crippen LogP contribution < -0.4 is 4.74 Å². The van der Waals surface area contributed by atoms with Crippen LogP contribution in [0.25, 0.3) is 22.0 Å². The summed E-state index contributed by atoms with van der Waals surface area (Å²) in [5, 5.41) is 8.51. The molecule has 0 aliphatic heterocycles. The van der Waals surface area contributed by atoms with E-state index >= 15 is 0 Å². The van der Waals surface area contributed by atoms with Crippen molar-refractivity contribution in [2.75, 3.05) is 0 Å². The average Bonchev–Trinajstić information content (AvgIpc) is 3.04. The first kappa shape index (κ1) is 13.6. The monoisotopic (exact) mass is 300 g/mol. The van der Waals surface area contributed by atoms with E-state index in [0.717, 1.165) is 33.5 Å². The molecule has 0 fully saturated rings. The van der Waals surface area contributed by atoms with Gasteiger partial charge in [-0.25, -0.2) is 0 Å². The highest BCUT2D eigenvalue weighted by Crippen LogP contribution is 2.30. The van der Waals surface area contributed by atoms with Crippen molar-refractivity contribution in [1.82, 2.24) is 10.2 Å². The van der Waals surface area contributed by atoms with Crippen molar-refractivity contribution < 1.29 is 4.74 Å². The predicted octanol–water partition coefficient (Wildman–Crippen LogP) is 4.81. The third-order valence-corrected chi connectivity index (χ3v) is 3.89. The van der Waals surface area contributed by atoms with Gasteiger partial charge in [0.25, 0.3) is 0 Å². The van der Waals surface area contributed by atoms with E-state index in [2.05, 4.69) is 34.5 Å². The van der Waals surface area contributed by atoms with Crippen molar-refractivity contribution in [1.29, 1.82) is 0 Å². The Kier molecular flexibility index (Phi) is 3.53. The number of nitrogens with zero attached hydrogens (tertiary/aromatic N) is 1. The molecule has 0 bridgehead atoms. The Morgan fingerprint density at radius 3 is 2.43 bits per heavy atom. The molecule has 0 radical (unpaired) electrons. The largest absolute Gasteiger partial charge is 0.487 e. The molecule has 3 heteroatoms. The van der Waals surface area contributed by atoms with Gasteiger partial charge in [-0.05, 0) is 17.7 Å². The zero-order chi connectivity index (χ0) is 15.5. The molecule has 23 heavy (non-hydrogen) atoms.